The Morgan fingerprint density at radius 1 is 1.28 bits per heavy atom. The van der Waals surface area contributed by atoms with Crippen LogP contribution in [0.1, 0.15) is 41.7 Å². The first kappa shape index (κ1) is 17.2. The molecule has 1 fully saturated rings. The lowest BCUT2D eigenvalue weighted by Crippen LogP contribution is -2.53. The van der Waals surface area contributed by atoms with Crippen molar-refractivity contribution >= 4 is 11.8 Å². The second-order valence-electron chi connectivity index (χ2n) is 6.90. The molecule has 1 unspecified atom stereocenters. The van der Waals surface area contributed by atoms with Gasteiger partial charge < -0.3 is 15.4 Å². The van der Waals surface area contributed by atoms with E-state index in [9.17, 15) is 9.59 Å². The molecule has 1 aromatic carbocycles. The Labute approximate surface area is 146 Å². The number of nitrogens with two attached hydrogens (primary N) is 1. The van der Waals surface area contributed by atoms with E-state index in [4.69, 9.17) is 10.5 Å². The number of hydrogen-bond acceptors (Lipinski definition) is 4. The van der Waals surface area contributed by atoms with E-state index in [1.807, 2.05) is 39.0 Å². The van der Waals surface area contributed by atoms with Gasteiger partial charge in [0.05, 0.1) is 17.4 Å². The SMILES string of the molecule is CC1CN(C(=O)c2cc(C(N)=O)n(-c3ccccc3)n2)CC(C)(C)O1. The Bertz CT molecular complexity index is 798. The molecule has 0 spiro atoms. The first-order valence-corrected chi connectivity index (χ1v) is 8.19. The molecular weight excluding hydrogens is 320 g/mol. The van der Waals surface area contributed by atoms with Crippen molar-refractivity contribution in [3.63, 3.8) is 0 Å². The lowest BCUT2D eigenvalue weighted by atomic mass is 10.1. The summed E-state index contributed by atoms with van der Waals surface area (Å²) in [4.78, 5) is 26.4. The number of para-hydroxylation sites is 1. The molecule has 1 saturated heterocycles. The van der Waals surface area contributed by atoms with Gasteiger partial charge in [0.2, 0.25) is 0 Å². The average Bonchev–Trinajstić information content (AvgIpc) is 2.98. The maximum Gasteiger partial charge on any atom is 0.274 e. The summed E-state index contributed by atoms with van der Waals surface area (Å²) in [5, 5.41) is 4.33. The summed E-state index contributed by atoms with van der Waals surface area (Å²) in [7, 11) is 0. The summed E-state index contributed by atoms with van der Waals surface area (Å²) in [5.74, 6) is -0.869. The van der Waals surface area contributed by atoms with E-state index in [2.05, 4.69) is 5.10 Å². The molecule has 7 heteroatoms. The Kier molecular flexibility index (Phi) is 4.34. The van der Waals surface area contributed by atoms with Gasteiger partial charge in [-0.25, -0.2) is 4.68 Å². The fourth-order valence-electron chi connectivity index (χ4n) is 3.20. The highest BCUT2D eigenvalue weighted by atomic mass is 16.5. The van der Waals surface area contributed by atoms with Crippen molar-refractivity contribution < 1.29 is 14.3 Å². The van der Waals surface area contributed by atoms with Gasteiger partial charge in [-0.3, -0.25) is 9.59 Å². The van der Waals surface area contributed by atoms with E-state index in [1.54, 1.807) is 17.0 Å². The lowest BCUT2D eigenvalue weighted by Gasteiger charge is -2.41. The Morgan fingerprint density at radius 3 is 2.56 bits per heavy atom. The average molecular weight is 342 g/mol. The van der Waals surface area contributed by atoms with E-state index in [0.29, 0.717) is 18.8 Å². The van der Waals surface area contributed by atoms with Gasteiger partial charge in [0.1, 0.15) is 5.69 Å². The monoisotopic (exact) mass is 342 g/mol. The Morgan fingerprint density at radius 2 is 1.96 bits per heavy atom. The molecule has 7 nitrogen and oxygen atoms in total. The lowest BCUT2D eigenvalue weighted by molar-refractivity contribution is -0.118. The molecule has 2 heterocycles. The van der Waals surface area contributed by atoms with Gasteiger partial charge in [-0.15, -0.1) is 0 Å². The number of aromatic nitrogens is 2. The second-order valence-corrected chi connectivity index (χ2v) is 6.90. The van der Waals surface area contributed by atoms with Crippen molar-refractivity contribution in [2.75, 3.05) is 13.1 Å². The van der Waals surface area contributed by atoms with Crippen molar-refractivity contribution in [1.82, 2.24) is 14.7 Å². The minimum Gasteiger partial charge on any atom is -0.369 e. The zero-order chi connectivity index (χ0) is 18.2. The van der Waals surface area contributed by atoms with Gasteiger partial charge in [0, 0.05) is 19.2 Å². The number of primary amides is 1. The maximum atomic E-state index is 12.9. The summed E-state index contributed by atoms with van der Waals surface area (Å²) in [6.45, 7) is 6.76. The van der Waals surface area contributed by atoms with E-state index in [0.717, 1.165) is 0 Å². The number of rotatable bonds is 3. The van der Waals surface area contributed by atoms with Crippen molar-refractivity contribution in [3.05, 3.63) is 47.8 Å². The van der Waals surface area contributed by atoms with Crippen LogP contribution >= 0.6 is 0 Å². The van der Waals surface area contributed by atoms with Crippen molar-refractivity contribution in [2.45, 2.75) is 32.5 Å². The summed E-state index contributed by atoms with van der Waals surface area (Å²) in [6.07, 6.45) is -0.0699. The van der Waals surface area contributed by atoms with Crippen molar-refractivity contribution in [2.24, 2.45) is 5.73 Å². The maximum absolute atomic E-state index is 12.9. The third-order valence-electron chi connectivity index (χ3n) is 4.04. The third-order valence-corrected chi connectivity index (χ3v) is 4.04. The van der Waals surface area contributed by atoms with Gasteiger partial charge in [0.15, 0.2) is 5.69 Å². The van der Waals surface area contributed by atoms with Gasteiger partial charge >= 0.3 is 0 Å². The fourth-order valence-corrected chi connectivity index (χ4v) is 3.20. The van der Waals surface area contributed by atoms with Gasteiger partial charge in [-0.05, 0) is 32.9 Å². The van der Waals surface area contributed by atoms with Gasteiger partial charge in [0.25, 0.3) is 11.8 Å². The number of morpholine rings is 1. The predicted octanol–water partition coefficient (Wildman–Crippen LogP) is 1.61. The largest absolute Gasteiger partial charge is 0.369 e. The Hall–Kier alpha value is -2.67. The molecule has 2 aromatic rings. The van der Waals surface area contributed by atoms with Crippen molar-refractivity contribution in [3.8, 4) is 5.69 Å². The van der Waals surface area contributed by atoms with Crippen LogP contribution in [0.5, 0.6) is 0 Å². The molecular formula is C18H22N4O3. The smallest absolute Gasteiger partial charge is 0.274 e. The molecule has 1 aliphatic rings. The van der Waals surface area contributed by atoms with Gasteiger partial charge in [-0.1, -0.05) is 18.2 Å². The molecule has 2 N–H and O–H groups in total. The van der Waals surface area contributed by atoms with Crippen LogP contribution < -0.4 is 5.73 Å². The van der Waals surface area contributed by atoms with Crippen LogP contribution in [0.2, 0.25) is 0 Å². The highest BCUT2D eigenvalue weighted by molar-refractivity contribution is 5.97. The molecule has 3 rings (SSSR count). The van der Waals surface area contributed by atoms with Crippen LogP contribution in [0.15, 0.2) is 36.4 Å². The molecule has 1 aliphatic heterocycles. The quantitative estimate of drug-likeness (QED) is 0.917. The number of hydrogen-bond donors (Lipinski definition) is 1. The fraction of sp³-hybridized carbons (Fsp3) is 0.389. The summed E-state index contributed by atoms with van der Waals surface area (Å²) in [6, 6.07) is 10.6. The van der Waals surface area contributed by atoms with E-state index < -0.39 is 11.5 Å². The predicted molar refractivity (Wildman–Crippen MR) is 92.6 cm³/mol. The molecule has 0 bridgehead atoms. The summed E-state index contributed by atoms with van der Waals surface area (Å²) in [5.41, 5.74) is 6.08. The second kappa shape index (κ2) is 6.33. The normalized spacial score (nSPS) is 19.6. The standard InChI is InChI=1S/C18H22N4O3/c1-12-10-21(11-18(2,3)25-12)17(24)14-9-15(16(19)23)22(20-14)13-7-5-4-6-8-13/h4-9,12H,10-11H2,1-3H3,(H2,19,23). The number of carbonyl (C=O) groups is 2. The third kappa shape index (κ3) is 3.56. The zero-order valence-corrected chi connectivity index (χ0v) is 14.6. The van der Waals surface area contributed by atoms with E-state index in [-0.39, 0.29) is 23.4 Å². The first-order chi connectivity index (χ1) is 11.8. The minimum absolute atomic E-state index is 0.0699. The molecule has 0 aliphatic carbocycles. The van der Waals surface area contributed by atoms with Gasteiger partial charge in [-0.2, -0.15) is 5.10 Å². The summed E-state index contributed by atoms with van der Waals surface area (Å²) < 4.78 is 7.24. The molecule has 2 amide bonds. The van der Waals surface area contributed by atoms with Crippen LogP contribution in [-0.2, 0) is 4.74 Å². The minimum atomic E-state index is -0.633. The molecule has 0 radical (unpaired) electrons. The van der Waals surface area contributed by atoms with Crippen LogP contribution in [-0.4, -0.2) is 51.3 Å². The van der Waals surface area contributed by atoms with Crippen molar-refractivity contribution in [1.29, 1.82) is 0 Å². The first-order valence-electron chi connectivity index (χ1n) is 8.19. The molecule has 132 valence electrons. The van der Waals surface area contributed by atoms with Crippen LogP contribution in [0.3, 0.4) is 0 Å². The molecule has 1 atom stereocenters. The topological polar surface area (TPSA) is 90.5 Å². The number of benzene rings is 1. The number of ether oxygens (including phenoxy) is 1. The Balaban J connectivity index is 1.95. The number of amides is 2. The molecule has 1 aromatic heterocycles. The zero-order valence-electron chi connectivity index (χ0n) is 14.6. The molecule has 25 heavy (non-hydrogen) atoms. The highest BCUT2D eigenvalue weighted by Crippen LogP contribution is 2.23. The van der Waals surface area contributed by atoms with E-state index >= 15 is 0 Å². The van der Waals surface area contributed by atoms with Crippen LogP contribution in [0.25, 0.3) is 5.69 Å². The number of carbonyl (C=O) groups excluding carboxylic acids is 2. The van der Waals surface area contributed by atoms with Crippen LogP contribution in [0.4, 0.5) is 0 Å². The summed E-state index contributed by atoms with van der Waals surface area (Å²) >= 11 is 0. The highest BCUT2D eigenvalue weighted by Gasteiger charge is 2.35. The molecule has 0 saturated carbocycles. The van der Waals surface area contributed by atoms with Crippen LogP contribution in [0, 0.1) is 0 Å². The van der Waals surface area contributed by atoms with E-state index in [1.165, 1.54) is 10.7 Å². The number of nitrogens with zero attached hydrogens (tertiary/aromatic N) is 3.